The van der Waals surface area contributed by atoms with Crippen LogP contribution in [0, 0.1) is 11.8 Å². The number of ether oxygens (including phenoxy) is 1. The third-order valence-electron chi connectivity index (χ3n) is 5.57. The zero-order chi connectivity index (χ0) is 17.9. The van der Waals surface area contributed by atoms with Crippen LogP contribution in [0.3, 0.4) is 0 Å². The van der Waals surface area contributed by atoms with Crippen LogP contribution < -0.4 is 10.1 Å². The maximum Gasteiger partial charge on any atom is 0.409 e. The highest BCUT2D eigenvalue weighted by atomic mass is 16.5. The number of carboxylic acid groups (broad SMARTS) is 1. The molecule has 2 N–H and O–H groups in total. The van der Waals surface area contributed by atoms with Gasteiger partial charge in [-0.2, -0.15) is 0 Å². The molecule has 1 amide bonds. The van der Waals surface area contributed by atoms with Crippen LogP contribution in [0.2, 0.25) is 0 Å². The average molecular weight is 352 g/mol. The predicted octanol–water partition coefficient (Wildman–Crippen LogP) is 4.16. The zero-order valence-electron chi connectivity index (χ0n) is 14.7. The molecule has 2 aromatic carbocycles. The van der Waals surface area contributed by atoms with Gasteiger partial charge in [-0.25, -0.2) is 4.79 Å². The van der Waals surface area contributed by atoms with Crippen LogP contribution in [-0.4, -0.2) is 42.3 Å². The van der Waals surface area contributed by atoms with Crippen LogP contribution in [0.4, 0.5) is 10.5 Å². The minimum absolute atomic E-state index is 0.578. The molecule has 3 saturated heterocycles. The summed E-state index contributed by atoms with van der Waals surface area (Å²) in [6.07, 6.45) is 1.53. The molecular weight excluding hydrogens is 328 g/mol. The fourth-order valence-electron chi connectivity index (χ4n) is 4.19. The van der Waals surface area contributed by atoms with Gasteiger partial charge >= 0.3 is 6.09 Å². The molecule has 0 saturated carbocycles. The summed E-state index contributed by atoms with van der Waals surface area (Å²) in [6, 6.07) is 15.3. The summed E-state index contributed by atoms with van der Waals surface area (Å²) in [4.78, 5) is 13.6. The van der Waals surface area contributed by atoms with Crippen molar-refractivity contribution < 1.29 is 14.6 Å². The number of nitrogens with one attached hydrogen (secondary N) is 1. The Morgan fingerprint density at radius 1 is 1.15 bits per heavy atom. The first kappa shape index (κ1) is 16.9. The number of fused-ring (bicyclic) bond motifs is 3. The highest BCUT2D eigenvalue weighted by Gasteiger charge is 2.34. The van der Waals surface area contributed by atoms with Gasteiger partial charge in [-0.1, -0.05) is 30.3 Å². The molecule has 5 nitrogen and oxygen atoms in total. The summed E-state index contributed by atoms with van der Waals surface area (Å²) in [6.45, 7) is 4.38. The van der Waals surface area contributed by atoms with Crippen molar-refractivity contribution in [3.8, 4) is 16.9 Å². The van der Waals surface area contributed by atoms with Crippen LogP contribution in [0.15, 0.2) is 48.5 Å². The van der Waals surface area contributed by atoms with E-state index in [2.05, 4.69) is 10.2 Å². The van der Waals surface area contributed by atoms with E-state index in [4.69, 9.17) is 9.84 Å². The van der Waals surface area contributed by atoms with E-state index in [1.54, 1.807) is 6.07 Å². The van der Waals surface area contributed by atoms with Gasteiger partial charge in [0.25, 0.3) is 0 Å². The second-order valence-electron chi connectivity index (χ2n) is 7.21. The van der Waals surface area contributed by atoms with Crippen LogP contribution in [-0.2, 0) is 0 Å². The first-order chi connectivity index (χ1) is 12.7. The van der Waals surface area contributed by atoms with Crippen LogP contribution in [0.5, 0.6) is 5.75 Å². The molecule has 0 spiro atoms. The van der Waals surface area contributed by atoms with E-state index in [1.165, 1.54) is 25.9 Å². The van der Waals surface area contributed by atoms with Gasteiger partial charge in [0, 0.05) is 18.0 Å². The van der Waals surface area contributed by atoms with Gasteiger partial charge in [0.2, 0.25) is 0 Å². The molecule has 1 unspecified atom stereocenters. The average Bonchev–Trinajstić information content (AvgIpc) is 2.67. The zero-order valence-corrected chi connectivity index (χ0v) is 14.7. The highest BCUT2D eigenvalue weighted by molar-refractivity contribution is 5.90. The van der Waals surface area contributed by atoms with E-state index in [-0.39, 0.29) is 0 Å². The maximum absolute atomic E-state index is 11.0. The minimum atomic E-state index is -1.06. The quantitative estimate of drug-likeness (QED) is 0.848. The second-order valence-corrected chi connectivity index (χ2v) is 7.21. The van der Waals surface area contributed by atoms with Crippen molar-refractivity contribution in [2.24, 2.45) is 11.8 Å². The van der Waals surface area contributed by atoms with Crippen molar-refractivity contribution in [2.75, 3.05) is 31.6 Å². The number of anilines is 1. The first-order valence-corrected chi connectivity index (χ1v) is 9.23. The monoisotopic (exact) mass is 352 g/mol. The normalized spacial score (nSPS) is 24.2. The van der Waals surface area contributed by atoms with Crippen molar-refractivity contribution in [3.05, 3.63) is 48.5 Å². The van der Waals surface area contributed by atoms with Crippen LogP contribution in [0.25, 0.3) is 11.1 Å². The fraction of sp³-hybridized carbons (Fsp3) is 0.381. The molecule has 26 heavy (non-hydrogen) atoms. The number of nitrogens with zero attached hydrogens (tertiary/aromatic N) is 1. The topological polar surface area (TPSA) is 61.8 Å². The summed E-state index contributed by atoms with van der Waals surface area (Å²) < 4.78 is 6.12. The molecule has 3 heterocycles. The number of para-hydroxylation sites is 1. The van der Waals surface area contributed by atoms with E-state index < -0.39 is 6.09 Å². The van der Waals surface area contributed by atoms with Crippen LogP contribution >= 0.6 is 0 Å². The molecule has 136 valence electrons. The van der Waals surface area contributed by atoms with Gasteiger partial charge in [0.1, 0.15) is 5.75 Å². The van der Waals surface area contributed by atoms with Gasteiger partial charge < -0.3 is 14.7 Å². The number of benzene rings is 2. The Morgan fingerprint density at radius 3 is 2.69 bits per heavy atom. The standard InChI is InChI=1S/C21H24N2O3/c24-21(25)22-20-7-2-1-6-19(20)16-4-3-5-18(12-16)26-14-17-13-23-10-8-15(17)9-11-23/h1-7,12,15,17,22H,8-11,13-14H2,(H,24,25). The van der Waals surface area contributed by atoms with Crippen LogP contribution in [0.1, 0.15) is 12.8 Å². The molecule has 5 rings (SSSR count). The van der Waals surface area contributed by atoms with Crippen molar-refractivity contribution in [3.63, 3.8) is 0 Å². The molecule has 2 aromatic rings. The highest BCUT2D eigenvalue weighted by Crippen LogP contribution is 2.34. The van der Waals surface area contributed by atoms with E-state index >= 15 is 0 Å². The van der Waals surface area contributed by atoms with E-state index in [0.717, 1.165) is 35.9 Å². The summed E-state index contributed by atoms with van der Waals surface area (Å²) in [5.41, 5.74) is 2.37. The molecule has 0 radical (unpaired) electrons. The molecular formula is C21H24N2O3. The van der Waals surface area contributed by atoms with Crippen molar-refractivity contribution in [1.29, 1.82) is 0 Å². The number of rotatable bonds is 5. The van der Waals surface area contributed by atoms with Gasteiger partial charge in [0.05, 0.1) is 12.3 Å². The number of hydrogen-bond donors (Lipinski definition) is 2. The van der Waals surface area contributed by atoms with Gasteiger partial charge in [0.15, 0.2) is 0 Å². The van der Waals surface area contributed by atoms with Crippen molar-refractivity contribution >= 4 is 11.8 Å². The smallest absolute Gasteiger partial charge is 0.409 e. The Balaban J connectivity index is 1.48. The van der Waals surface area contributed by atoms with Gasteiger partial charge in [-0.15, -0.1) is 0 Å². The maximum atomic E-state index is 11.0. The Kier molecular flexibility index (Phi) is 4.80. The Morgan fingerprint density at radius 2 is 1.96 bits per heavy atom. The minimum Gasteiger partial charge on any atom is -0.493 e. The molecule has 3 fully saturated rings. The fourth-order valence-corrected chi connectivity index (χ4v) is 4.19. The van der Waals surface area contributed by atoms with E-state index in [9.17, 15) is 4.79 Å². The van der Waals surface area contributed by atoms with Crippen molar-refractivity contribution in [1.82, 2.24) is 4.90 Å². The third kappa shape index (κ3) is 3.68. The van der Waals surface area contributed by atoms with Crippen molar-refractivity contribution in [2.45, 2.75) is 12.8 Å². The van der Waals surface area contributed by atoms with Gasteiger partial charge in [-0.3, -0.25) is 5.32 Å². The Hall–Kier alpha value is -2.53. The summed E-state index contributed by atoms with van der Waals surface area (Å²) in [5, 5.41) is 11.5. The van der Waals surface area contributed by atoms with E-state index in [0.29, 0.717) is 11.6 Å². The predicted molar refractivity (Wildman–Crippen MR) is 102 cm³/mol. The molecule has 0 aliphatic carbocycles. The lowest BCUT2D eigenvalue weighted by atomic mass is 9.79. The van der Waals surface area contributed by atoms with Gasteiger partial charge in [-0.05, 0) is 55.6 Å². The third-order valence-corrected chi connectivity index (χ3v) is 5.57. The lowest BCUT2D eigenvalue weighted by Crippen LogP contribution is -2.49. The molecule has 1 atom stereocenters. The Bertz CT molecular complexity index is 784. The largest absolute Gasteiger partial charge is 0.493 e. The molecule has 5 heteroatoms. The summed E-state index contributed by atoms with van der Waals surface area (Å²) in [7, 11) is 0. The molecule has 3 aliphatic rings. The Labute approximate surface area is 153 Å². The summed E-state index contributed by atoms with van der Waals surface area (Å²) >= 11 is 0. The lowest BCUT2D eigenvalue weighted by molar-refractivity contribution is 0.0257. The number of amides is 1. The SMILES string of the molecule is O=C(O)Nc1ccccc1-c1cccc(OCC2CN3CCC2CC3)c1. The second kappa shape index (κ2) is 7.38. The summed E-state index contributed by atoms with van der Waals surface area (Å²) in [5.74, 6) is 2.25. The molecule has 0 aromatic heterocycles. The lowest BCUT2D eigenvalue weighted by Gasteiger charge is -2.44. The number of carbonyl (C=O) groups is 1. The molecule has 3 aliphatic heterocycles. The molecule has 2 bridgehead atoms. The number of hydrogen-bond acceptors (Lipinski definition) is 3. The first-order valence-electron chi connectivity index (χ1n) is 9.23. The number of piperidine rings is 3. The van der Waals surface area contributed by atoms with E-state index in [1.807, 2.05) is 42.5 Å².